The van der Waals surface area contributed by atoms with E-state index < -0.39 is 0 Å². The van der Waals surface area contributed by atoms with Crippen LogP contribution in [0.2, 0.25) is 0 Å². The number of anilines is 1. The van der Waals surface area contributed by atoms with Gasteiger partial charge in [0, 0.05) is 25.8 Å². The maximum Gasteiger partial charge on any atom is 0.189 e. The van der Waals surface area contributed by atoms with Gasteiger partial charge >= 0.3 is 0 Å². The Balaban J connectivity index is 2.12. The second-order valence-electron chi connectivity index (χ2n) is 3.49. The Bertz CT molecular complexity index is 310. The van der Waals surface area contributed by atoms with Gasteiger partial charge in [0.15, 0.2) is 5.16 Å². The van der Waals surface area contributed by atoms with E-state index in [4.69, 9.17) is 0 Å². The predicted molar refractivity (Wildman–Crippen MR) is 63.5 cm³/mol. The van der Waals surface area contributed by atoms with E-state index >= 15 is 0 Å². The van der Waals surface area contributed by atoms with Crippen molar-refractivity contribution in [3.63, 3.8) is 0 Å². The summed E-state index contributed by atoms with van der Waals surface area (Å²) >= 11 is 1.59. The van der Waals surface area contributed by atoms with Crippen LogP contribution in [0.1, 0.15) is 6.42 Å². The van der Waals surface area contributed by atoms with E-state index in [-0.39, 0.29) is 0 Å². The van der Waals surface area contributed by atoms with Crippen LogP contribution < -0.4 is 10.2 Å². The summed E-state index contributed by atoms with van der Waals surface area (Å²) < 4.78 is 0. The van der Waals surface area contributed by atoms with Crippen LogP contribution in [0.25, 0.3) is 0 Å². The van der Waals surface area contributed by atoms with Gasteiger partial charge < -0.3 is 10.2 Å². The molecule has 0 spiro atoms. The molecule has 82 valence electrons. The van der Waals surface area contributed by atoms with Crippen LogP contribution in [0.4, 0.5) is 5.82 Å². The molecule has 0 unspecified atom stereocenters. The first-order valence-corrected chi connectivity index (χ1v) is 6.45. The Kier molecular flexibility index (Phi) is 3.80. The molecule has 1 fully saturated rings. The van der Waals surface area contributed by atoms with Gasteiger partial charge in [0.05, 0.1) is 0 Å². The fourth-order valence-corrected chi connectivity index (χ4v) is 2.03. The number of nitrogens with zero attached hydrogens (tertiary/aromatic N) is 3. The minimum atomic E-state index is 0.852. The van der Waals surface area contributed by atoms with Crippen molar-refractivity contribution in [1.82, 2.24) is 15.3 Å². The molecule has 0 aliphatic carbocycles. The maximum atomic E-state index is 4.51. The molecule has 2 heterocycles. The van der Waals surface area contributed by atoms with Gasteiger partial charge in [-0.2, -0.15) is 0 Å². The molecule has 0 atom stereocenters. The molecule has 1 saturated heterocycles. The van der Waals surface area contributed by atoms with Crippen LogP contribution in [0.15, 0.2) is 17.4 Å². The molecule has 15 heavy (non-hydrogen) atoms. The quantitative estimate of drug-likeness (QED) is 0.599. The standard InChI is InChI=1S/C10H16N4S/c1-15-10-12-5-3-9(13-10)14-7-2-4-11-6-8-14/h3,5,11H,2,4,6-8H2,1H3. The van der Waals surface area contributed by atoms with Gasteiger partial charge in [-0.15, -0.1) is 0 Å². The normalized spacial score (nSPS) is 17.5. The van der Waals surface area contributed by atoms with Crippen molar-refractivity contribution in [2.24, 2.45) is 0 Å². The van der Waals surface area contributed by atoms with Gasteiger partial charge in [-0.05, 0) is 25.3 Å². The molecule has 1 aromatic rings. The number of aromatic nitrogens is 2. The summed E-state index contributed by atoms with van der Waals surface area (Å²) in [5, 5.41) is 4.24. The van der Waals surface area contributed by atoms with Crippen molar-refractivity contribution in [2.75, 3.05) is 37.3 Å². The molecular formula is C10H16N4S. The van der Waals surface area contributed by atoms with E-state index in [1.54, 1.807) is 11.8 Å². The van der Waals surface area contributed by atoms with E-state index in [1.165, 1.54) is 6.42 Å². The summed E-state index contributed by atoms with van der Waals surface area (Å²) in [6.07, 6.45) is 5.02. The van der Waals surface area contributed by atoms with Gasteiger partial charge in [-0.3, -0.25) is 0 Å². The largest absolute Gasteiger partial charge is 0.355 e. The highest BCUT2D eigenvalue weighted by atomic mass is 32.2. The van der Waals surface area contributed by atoms with Crippen molar-refractivity contribution in [3.8, 4) is 0 Å². The van der Waals surface area contributed by atoms with Gasteiger partial charge in [-0.25, -0.2) is 9.97 Å². The van der Waals surface area contributed by atoms with E-state index in [2.05, 4.69) is 20.2 Å². The minimum Gasteiger partial charge on any atom is -0.355 e. The molecule has 1 N–H and O–H groups in total. The predicted octanol–water partition coefficient (Wildman–Crippen LogP) is 0.998. The lowest BCUT2D eigenvalue weighted by Gasteiger charge is -2.20. The molecular weight excluding hydrogens is 208 g/mol. The molecule has 0 aromatic carbocycles. The lowest BCUT2D eigenvalue weighted by molar-refractivity contribution is 0.724. The number of nitrogens with one attached hydrogen (secondary N) is 1. The fourth-order valence-electron chi connectivity index (χ4n) is 1.68. The number of hydrogen-bond donors (Lipinski definition) is 1. The fraction of sp³-hybridized carbons (Fsp3) is 0.600. The topological polar surface area (TPSA) is 41.1 Å². The van der Waals surface area contributed by atoms with Crippen LogP contribution in [0.3, 0.4) is 0 Å². The first kappa shape index (κ1) is 10.7. The van der Waals surface area contributed by atoms with Gasteiger partial charge in [-0.1, -0.05) is 11.8 Å². The van der Waals surface area contributed by atoms with E-state index in [0.717, 1.165) is 37.2 Å². The third kappa shape index (κ3) is 2.82. The molecule has 0 saturated carbocycles. The van der Waals surface area contributed by atoms with E-state index in [1.807, 2.05) is 18.5 Å². The highest BCUT2D eigenvalue weighted by molar-refractivity contribution is 7.98. The van der Waals surface area contributed by atoms with Crippen LogP contribution in [-0.4, -0.2) is 42.4 Å². The first-order valence-electron chi connectivity index (χ1n) is 5.23. The van der Waals surface area contributed by atoms with Crippen LogP contribution in [-0.2, 0) is 0 Å². The van der Waals surface area contributed by atoms with Crippen molar-refractivity contribution in [3.05, 3.63) is 12.3 Å². The van der Waals surface area contributed by atoms with Gasteiger partial charge in [0.25, 0.3) is 0 Å². The van der Waals surface area contributed by atoms with Crippen LogP contribution >= 0.6 is 11.8 Å². The average molecular weight is 224 g/mol. The summed E-state index contributed by atoms with van der Waals surface area (Å²) in [6.45, 7) is 4.26. The Morgan fingerprint density at radius 2 is 2.33 bits per heavy atom. The Hall–Kier alpha value is -0.810. The summed E-state index contributed by atoms with van der Waals surface area (Å²) in [7, 11) is 0. The lowest BCUT2D eigenvalue weighted by Crippen LogP contribution is -2.28. The maximum absolute atomic E-state index is 4.51. The molecule has 1 aliphatic rings. The second-order valence-corrected chi connectivity index (χ2v) is 4.27. The minimum absolute atomic E-state index is 0.852. The zero-order valence-corrected chi connectivity index (χ0v) is 9.76. The molecule has 5 heteroatoms. The van der Waals surface area contributed by atoms with Crippen LogP contribution in [0.5, 0.6) is 0 Å². The number of hydrogen-bond acceptors (Lipinski definition) is 5. The summed E-state index contributed by atoms with van der Waals surface area (Å²) in [5.74, 6) is 1.05. The third-order valence-electron chi connectivity index (χ3n) is 2.47. The molecule has 0 radical (unpaired) electrons. The van der Waals surface area contributed by atoms with Crippen molar-refractivity contribution in [2.45, 2.75) is 11.6 Å². The smallest absolute Gasteiger partial charge is 0.189 e. The third-order valence-corrected chi connectivity index (χ3v) is 3.03. The monoisotopic (exact) mass is 224 g/mol. The molecule has 0 bridgehead atoms. The Labute approximate surface area is 94.5 Å². The van der Waals surface area contributed by atoms with Crippen molar-refractivity contribution < 1.29 is 0 Å². The molecule has 2 rings (SSSR count). The molecule has 4 nitrogen and oxygen atoms in total. The SMILES string of the molecule is CSc1nccc(N2CCCNCC2)n1. The van der Waals surface area contributed by atoms with Gasteiger partial charge in [0.1, 0.15) is 5.82 Å². The van der Waals surface area contributed by atoms with E-state index in [0.29, 0.717) is 0 Å². The summed E-state index contributed by atoms with van der Waals surface area (Å²) in [4.78, 5) is 11.0. The summed E-state index contributed by atoms with van der Waals surface area (Å²) in [5.41, 5.74) is 0. The molecule has 0 amide bonds. The lowest BCUT2D eigenvalue weighted by atomic mass is 10.4. The Morgan fingerprint density at radius 3 is 3.20 bits per heavy atom. The highest BCUT2D eigenvalue weighted by Gasteiger charge is 2.10. The van der Waals surface area contributed by atoms with Crippen molar-refractivity contribution in [1.29, 1.82) is 0 Å². The van der Waals surface area contributed by atoms with Crippen molar-refractivity contribution >= 4 is 17.6 Å². The number of rotatable bonds is 2. The molecule has 1 aromatic heterocycles. The highest BCUT2D eigenvalue weighted by Crippen LogP contribution is 2.15. The number of thioether (sulfide) groups is 1. The Morgan fingerprint density at radius 1 is 1.40 bits per heavy atom. The average Bonchev–Trinajstić information content (AvgIpc) is 2.58. The van der Waals surface area contributed by atoms with Gasteiger partial charge in [0.2, 0.25) is 0 Å². The van der Waals surface area contributed by atoms with E-state index in [9.17, 15) is 0 Å². The second kappa shape index (κ2) is 5.32. The first-order chi connectivity index (χ1) is 7.40. The zero-order chi connectivity index (χ0) is 10.5. The zero-order valence-electron chi connectivity index (χ0n) is 8.94. The van der Waals surface area contributed by atoms with Crippen LogP contribution in [0, 0.1) is 0 Å². The summed E-state index contributed by atoms with van der Waals surface area (Å²) in [6, 6.07) is 1.99. The molecule has 1 aliphatic heterocycles.